The zero-order valence-corrected chi connectivity index (χ0v) is 18.1. The van der Waals surface area contributed by atoms with Gasteiger partial charge < -0.3 is 5.32 Å². The van der Waals surface area contributed by atoms with Gasteiger partial charge in [0, 0.05) is 29.4 Å². The molecule has 8 heteroatoms. The van der Waals surface area contributed by atoms with E-state index in [9.17, 15) is 13.2 Å². The van der Waals surface area contributed by atoms with Crippen molar-refractivity contribution in [2.24, 2.45) is 5.92 Å². The van der Waals surface area contributed by atoms with Gasteiger partial charge in [0.05, 0.1) is 10.9 Å². The minimum atomic E-state index is -3.63. The molecule has 0 aliphatic heterocycles. The Labute approximate surface area is 177 Å². The van der Waals surface area contributed by atoms with Gasteiger partial charge in [-0.2, -0.15) is 0 Å². The van der Waals surface area contributed by atoms with Gasteiger partial charge in [-0.25, -0.2) is 13.1 Å². The third-order valence-corrected chi connectivity index (χ3v) is 7.34. The van der Waals surface area contributed by atoms with Crippen molar-refractivity contribution < 1.29 is 13.2 Å². The van der Waals surface area contributed by atoms with E-state index in [0.717, 1.165) is 11.1 Å². The molecule has 1 amide bonds. The Hall–Kier alpha value is -1.96. The first kappa shape index (κ1) is 21.7. The zero-order chi connectivity index (χ0) is 21.0. The van der Waals surface area contributed by atoms with Gasteiger partial charge in [0.15, 0.2) is 0 Å². The predicted octanol–water partition coefficient (Wildman–Crippen LogP) is 3.76. The summed E-state index contributed by atoms with van der Waals surface area (Å²) in [7, 11) is -3.63. The maximum atomic E-state index is 12.6. The lowest BCUT2D eigenvalue weighted by Crippen LogP contribution is -2.41. The van der Waals surface area contributed by atoms with Crippen molar-refractivity contribution in [2.75, 3.05) is 0 Å². The fourth-order valence-corrected chi connectivity index (χ4v) is 5.12. The first-order valence-electron chi connectivity index (χ1n) is 9.75. The lowest BCUT2D eigenvalue weighted by Gasteiger charge is -2.29. The second-order valence-electron chi connectivity index (χ2n) is 7.60. The van der Waals surface area contributed by atoms with Crippen LogP contribution in [0.3, 0.4) is 0 Å². The third-order valence-electron chi connectivity index (χ3n) is 5.42. The Kier molecular flexibility index (Phi) is 6.93. The molecule has 0 radical (unpaired) electrons. The van der Waals surface area contributed by atoms with Gasteiger partial charge in [-0.15, -0.1) is 0 Å². The Morgan fingerprint density at radius 3 is 2.55 bits per heavy atom. The van der Waals surface area contributed by atoms with Crippen molar-refractivity contribution >= 4 is 27.5 Å². The number of carbonyl (C=O) groups excluding carboxylic acids is 1. The monoisotopic (exact) mass is 435 g/mol. The van der Waals surface area contributed by atoms with Crippen LogP contribution < -0.4 is 10.0 Å². The molecule has 1 aliphatic rings. The Balaban J connectivity index is 1.53. The smallest absolute Gasteiger partial charge is 0.240 e. The van der Waals surface area contributed by atoms with Crippen LogP contribution in [0.5, 0.6) is 0 Å². The maximum Gasteiger partial charge on any atom is 0.240 e. The topological polar surface area (TPSA) is 88.2 Å². The molecule has 0 saturated heterocycles. The lowest BCUT2D eigenvalue weighted by atomic mass is 9.85. The number of pyridine rings is 1. The van der Waals surface area contributed by atoms with Gasteiger partial charge in [0.1, 0.15) is 0 Å². The fraction of sp³-hybridized carbons (Fsp3) is 0.429. The molecular weight excluding hydrogens is 410 g/mol. The second kappa shape index (κ2) is 9.24. The molecule has 156 valence electrons. The SMILES string of the molecule is Cc1ccc(S(=O)(=O)NC2CCC(C(=O)NC(C)c3cccnc3)CC2)cc1Cl. The maximum absolute atomic E-state index is 12.6. The summed E-state index contributed by atoms with van der Waals surface area (Å²) in [5.74, 6) is -0.100. The molecule has 2 aromatic rings. The summed E-state index contributed by atoms with van der Waals surface area (Å²) < 4.78 is 28.0. The molecule has 1 aliphatic carbocycles. The van der Waals surface area contributed by atoms with E-state index in [0.29, 0.717) is 30.7 Å². The molecule has 1 atom stereocenters. The van der Waals surface area contributed by atoms with Gasteiger partial charge in [-0.1, -0.05) is 23.7 Å². The van der Waals surface area contributed by atoms with Crippen molar-refractivity contribution in [3.8, 4) is 0 Å². The van der Waals surface area contributed by atoms with Crippen LogP contribution in [0.15, 0.2) is 47.6 Å². The number of carbonyl (C=O) groups is 1. The number of aromatic nitrogens is 1. The van der Waals surface area contributed by atoms with Crippen molar-refractivity contribution in [1.29, 1.82) is 0 Å². The highest BCUT2D eigenvalue weighted by atomic mass is 35.5. The van der Waals surface area contributed by atoms with E-state index >= 15 is 0 Å². The largest absolute Gasteiger partial charge is 0.349 e. The number of benzene rings is 1. The van der Waals surface area contributed by atoms with Crippen LogP contribution in [0.4, 0.5) is 0 Å². The normalized spacial score (nSPS) is 20.8. The number of hydrogen-bond donors (Lipinski definition) is 2. The molecule has 0 spiro atoms. The number of nitrogens with zero attached hydrogens (tertiary/aromatic N) is 1. The van der Waals surface area contributed by atoms with E-state index < -0.39 is 10.0 Å². The molecule has 29 heavy (non-hydrogen) atoms. The fourth-order valence-electron chi connectivity index (χ4n) is 3.55. The van der Waals surface area contributed by atoms with Crippen LogP contribution in [-0.2, 0) is 14.8 Å². The van der Waals surface area contributed by atoms with Crippen molar-refractivity contribution in [2.45, 2.75) is 56.5 Å². The predicted molar refractivity (Wildman–Crippen MR) is 113 cm³/mol. The molecule has 1 fully saturated rings. The van der Waals surface area contributed by atoms with E-state index in [1.807, 2.05) is 26.0 Å². The van der Waals surface area contributed by atoms with Crippen LogP contribution in [0.25, 0.3) is 0 Å². The standard InChI is InChI=1S/C21H26ClN3O3S/c1-14-5-10-19(12-20(14)22)29(27,28)25-18-8-6-16(7-9-18)21(26)24-15(2)17-4-3-11-23-13-17/h3-5,10-13,15-16,18,25H,6-9H2,1-2H3,(H,24,26). The van der Waals surface area contributed by atoms with Gasteiger partial charge in [0.2, 0.25) is 15.9 Å². The minimum Gasteiger partial charge on any atom is -0.349 e. The second-order valence-corrected chi connectivity index (χ2v) is 9.72. The molecule has 1 unspecified atom stereocenters. The average Bonchev–Trinajstić information content (AvgIpc) is 2.70. The Morgan fingerprint density at radius 2 is 1.93 bits per heavy atom. The van der Waals surface area contributed by atoms with E-state index in [4.69, 9.17) is 11.6 Å². The summed E-state index contributed by atoms with van der Waals surface area (Å²) in [5.41, 5.74) is 1.79. The molecule has 1 aromatic carbocycles. The first-order valence-corrected chi connectivity index (χ1v) is 11.6. The number of sulfonamides is 1. The third kappa shape index (κ3) is 5.56. The molecule has 6 nitrogen and oxygen atoms in total. The minimum absolute atomic E-state index is 0.00739. The molecule has 0 bridgehead atoms. The number of halogens is 1. The number of amides is 1. The summed E-state index contributed by atoms with van der Waals surface area (Å²) in [4.78, 5) is 16.8. The Morgan fingerprint density at radius 1 is 1.21 bits per heavy atom. The zero-order valence-electron chi connectivity index (χ0n) is 16.6. The van der Waals surface area contributed by atoms with Gasteiger partial charge in [0.25, 0.3) is 0 Å². The summed E-state index contributed by atoms with van der Waals surface area (Å²) in [5, 5.41) is 3.46. The van der Waals surface area contributed by atoms with E-state index in [1.165, 1.54) is 6.07 Å². The highest BCUT2D eigenvalue weighted by Crippen LogP contribution is 2.27. The van der Waals surface area contributed by atoms with Crippen LogP contribution in [0, 0.1) is 12.8 Å². The van der Waals surface area contributed by atoms with Crippen LogP contribution in [0.1, 0.15) is 49.8 Å². The van der Waals surface area contributed by atoms with Crippen molar-refractivity contribution in [1.82, 2.24) is 15.0 Å². The number of rotatable bonds is 6. The van der Waals surface area contributed by atoms with Gasteiger partial charge in [-0.05, 0) is 68.9 Å². The van der Waals surface area contributed by atoms with E-state index in [1.54, 1.807) is 24.5 Å². The van der Waals surface area contributed by atoms with Gasteiger partial charge in [-0.3, -0.25) is 9.78 Å². The molecular formula is C21H26ClN3O3S. The summed E-state index contributed by atoms with van der Waals surface area (Å²) in [6.45, 7) is 3.76. The average molecular weight is 436 g/mol. The highest BCUT2D eigenvalue weighted by Gasteiger charge is 2.29. The van der Waals surface area contributed by atoms with Crippen molar-refractivity contribution in [3.05, 3.63) is 58.9 Å². The van der Waals surface area contributed by atoms with Crippen LogP contribution >= 0.6 is 11.6 Å². The lowest BCUT2D eigenvalue weighted by molar-refractivity contribution is -0.126. The molecule has 1 aromatic heterocycles. The molecule has 3 rings (SSSR count). The highest BCUT2D eigenvalue weighted by molar-refractivity contribution is 7.89. The van der Waals surface area contributed by atoms with Crippen molar-refractivity contribution in [3.63, 3.8) is 0 Å². The summed E-state index contributed by atoms with van der Waals surface area (Å²) in [6.07, 6.45) is 5.98. The van der Waals surface area contributed by atoms with E-state index in [2.05, 4.69) is 15.0 Å². The first-order chi connectivity index (χ1) is 13.8. The number of hydrogen-bond acceptors (Lipinski definition) is 4. The quantitative estimate of drug-likeness (QED) is 0.723. The number of nitrogens with one attached hydrogen (secondary N) is 2. The van der Waals surface area contributed by atoms with Gasteiger partial charge >= 0.3 is 0 Å². The number of aryl methyl sites for hydroxylation is 1. The Bertz CT molecular complexity index is 958. The van der Waals surface area contributed by atoms with Crippen LogP contribution in [0.2, 0.25) is 5.02 Å². The van der Waals surface area contributed by atoms with E-state index in [-0.39, 0.29) is 28.8 Å². The summed E-state index contributed by atoms with van der Waals surface area (Å²) >= 11 is 6.06. The molecule has 1 heterocycles. The summed E-state index contributed by atoms with van der Waals surface area (Å²) in [6, 6.07) is 8.21. The molecule has 2 N–H and O–H groups in total. The molecule has 1 saturated carbocycles. The van der Waals surface area contributed by atoms with Crippen LogP contribution in [-0.4, -0.2) is 25.4 Å².